The second kappa shape index (κ2) is 26.7. The van der Waals surface area contributed by atoms with Crippen molar-refractivity contribution in [2.75, 3.05) is 37.2 Å². The van der Waals surface area contributed by atoms with Crippen LogP contribution in [0.2, 0.25) is 0 Å². The molecule has 2 heterocycles. The molecule has 0 saturated heterocycles. The highest BCUT2D eigenvalue weighted by Gasteiger charge is 2.09. The molecule has 0 spiro atoms. The molecule has 58 heavy (non-hydrogen) atoms. The number of benzene rings is 3. The van der Waals surface area contributed by atoms with Crippen LogP contribution >= 0.6 is 0 Å². The summed E-state index contributed by atoms with van der Waals surface area (Å²) in [7, 11) is 3.88. The lowest BCUT2D eigenvalue weighted by atomic mass is 10.1. The molecule has 0 atom stereocenters. The molecule has 306 valence electrons. The van der Waals surface area contributed by atoms with Gasteiger partial charge in [0.15, 0.2) is 24.8 Å². The number of anilines is 2. The molecule has 0 aliphatic carbocycles. The van der Waals surface area contributed by atoms with Crippen molar-refractivity contribution in [1.82, 2.24) is 10.6 Å². The van der Waals surface area contributed by atoms with Gasteiger partial charge in [0.1, 0.15) is 13.1 Å². The lowest BCUT2D eigenvalue weighted by Gasteiger charge is -2.11. The van der Waals surface area contributed by atoms with E-state index in [9.17, 15) is 9.59 Å². The van der Waals surface area contributed by atoms with E-state index in [4.69, 9.17) is 0 Å². The Kier molecular flexibility index (Phi) is 21.7. The maximum Gasteiger partial charge on any atom is 0.251 e. The number of para-hydroxylation sites is 2. The number of pyridine rings is 2. The van der Waals surface area contributed by atoms with Crippen molar-refractivity contribution < 1.29 is 52.7 Å². The fourth-order valence-corrected chi connectivity index (χ4v) is 6.06. The number of hydrogen-bond acceptors (Lipinski definition) is 6. The summed E-state index contributed by atoms with van der Waals surface area (Å²) in [6, 6.07) is 35.3. The van der Waals surface area contributed by atoms with Crippen LogP contribution in [0, 0.1) is 0 Å². The number of carbonyl (C=O) groups excluding carboxylic acids is 2. The predicted molar refractivity (Wildman–Crippen MR) is 226 cm³/mol. The van der Waals surface area contributed by atoms with Gasteiger partial charge in [0, 0.05) is 86.5 Å². The van der Waals surface area contributed by atoms with Crippen LogP contribution in [0.25, 0.3) is 0 Å². The fraction of sp³-hybridized carbons (Fsp3) is 0.304. The summed E-state index contributed by atoms with van der Waals surface area (Å²) < 4.78 is 4.38. The third-order valence-corrected chi connectivity index (χ3v) is 9.52. The van der Waals surface area contributed by atoms with E-state index in [0.29, 0.717) is 24.2 Å². The van der Waals surface area contributed by atoms with Gasteiger partial charge in [-0.25, -0.2) is 9.13 Å². The molecule has 0 unspecified atom stereocenters. The monoisotopic (exact) mass is 910 g/mol. The van der Waals surface area contributed by atoms with Crippen molar-refractivity contribution in [3.63, 3.8) is 0 Å². The standard InChI is InChI=1S/C46H54N8O2.2BrH/c1-51(43-17-9-7-10-18-43)49-37-39-25-33-53(34-26-39)31-15-5-3-13-29-47-45(55)41-21-23-42(24-22-41)46(56)48-30-14-4-6-16-32-54-35-27-40(28-36-54)38-50-52(2)44-19-11-8-12-20-44;;/h7-12,17-28,33-38H,3-6,13-16,29-32H2,1-2H3;2*1H. The van der Waals surface area contributed by atoms with Gasteiger partial charge in [0.2, 0.25) is 0 Å². The number of nitrogens with one attached hydrogen (secondary N) is 2. The van der Waals surface area contributed by atoms with Crippen molar-refractivity contribution in [2.24, 2.45) is 10.2 Å². The Morgan fingerprint density at radius 1 is 0.500 bits per heavy atom. The number of nitrogens with zero attached hydrogens (tertiary/aromatic N) is 6. The molecule has 0 aliphatic rings. The molecule has 0 aliphatic heterocycles. The van der Waals surface area contributed by atoms with Crippen LogP contribution in [0.15, 0.2) is 144 Å². The minimum atomic E-state index is -0.110. The lowest BCUT2D eigenvalue weighted by molar-refractivity contribution is -0.697. The number of aryl methyl sites for hydroxylation is 2. The maximum atomic E-state index is 12.6. The van der Waals surface area contributed by atoms with Gasteiger partial charge in [-0.05, 0) is 74.2 Å². The average Bonchev–Trinajstić information content (AvgIpc) is 3.25. The fourth-order valence-electron chi connectivity index (χ4n) is 6.06. The number of hydrazone groups is 2. The summed E-state index contributed by atoms with van der Waals surface area (Å²) in [5.74, 6) is -0.221. The highest BCUT2D eigenvalue weighted by molar-refractivity contribution is 5.97. The second-order valence-electron chi connectivity index (χ2n) is 13.9. The van der Waals surface area contributed by atoms with Crippen LogP contribution in [0.3, 0.4) is 0 Å². The summed E-state index contributed by atoms with van der Waals surface area (Å²) in [4.78, 5) is 25.3. The van der Waals surface area contributed by atoms with Gasteiger partial charge in [0.25, 0.3) is 11.8 Å². The lowest BCUT2D eigenvalue weighted by Crippen LogP contribution is -3.00. The Morgan fingerprint density at radius 2 is 0.845 bits per heavy atom. The zero-order valence-corrected chi connectivity index (χ0v) is 36.8. The number of rotatable bonds is 22. The minimum absolute atomic E-state index is 0. The van der Waals surface area contributed by atoms with Crippen LogP contribution in [0.5, 0.6) is 0 Å². The molecule has 0 radical (unpaired) electrons. The van der Waals surface area contributed by atoms with E-state index in [1.165, 1.54) is 0 Å². The van der Waals surface area contributed by atoms with Crippen molar-refractivity contribution in [1.29, 1.82) is 0 Å². The van der Waals surface area contributed by atoms with Crippen LogP contribution < -0.4 is 63.7 Å². The zero-order chi connectivity index (χ0) is 39.2. The largest absolute Gasteiger partial charge is 1.00 e. The molecule has 0 bridgehead atoms. The van der Waals surface area contributed by atoms with Crippen molar-refractivity contribution in [3.8, 4) is 0 Å². The first-order chi connectivity index (χ1) is 27.4. The number of aromatic nitrogens is 2. The van der Waals surface area contributed by atoms with Gasteiger partial charge in [-0.3, -0.25) is 19.6 Å². The van der Waals surface area contributed by atoms with E-state index in [1.54, 1.807) is 24.3 Å². The van der Waals surface area contributed by atoms with E-state index < -0.39 is 0 Å². The molecule has 2 amide bonds. The third kappa shape index (κ3) is 16.7. The smallest absolute Gasteiger partial charge is 0.251 e. The highest BCUT2D eigenvalue weighted by atomic mass is 79.9. The zero-order valence-electron chi connectivity index (χ0n) is 33.6. The molecule has 12 heteroatoms. The number of halogens is 2. The summed E-state index contributed by atoms with van der Waals surface area (Å²) >= 11 is 0. The number of amides is 2. The molecule has 5 rings (SSSR count). The minimum Gasteiger partial charge on any atom is -1.00 e. The van der Waals surface area contributed by atoms with Gasteiger partial charge in [0.05, 0.1) is 23.8 Å². The topological polar surface area (TPSA) is 97.2 Å². The van der Waals surface area contributed by atoms with E-state index >= 15 is 0 Å². The van der Waals surface area contributed by atoms with Crippen molar-refractivity contribution in [3.05, 3.63) is 156 Å². The molecule has 0 fully saturated rings. The molecule has 10 nitrogen and oxygen atoms in total. The van der Waals surface area contributed by atoms with E-state index in [2.05, 4.69) is 79.0 Å². The number of unbranched alkanes of at least 4 members (excludes halogenated alkanes) is 6. The van der Waals surface area contributed by atoms with E-state index in [-0.39, 0.29) is 45.8 Å². The van der Waals surface area contributed by atoms with E-state index in [1.807, 2.05) is 97.2 Å². The van der Waals surface area contributed by atoms with Gasteiger partial charge in [-0.15, -0.1) is 0 Å². The second-order valence-corrected chi connectivity index (χ2v) is 13.9. The Balaban J connectivity index is 0.00000450. The van der Waals surface area contributed by atoms with Crippen LogP contribution in [-0.2, 0) is 13.1 Å². The van der Waals surface area contributed by atoms with Crippen LogP contribution in [0.1, 0.15) is 83.2 Å². The SMILES string of the molecule is CN(/N=C/c1cc[n+](CCCCCCNC(=O)c2ccc(C(=O)NCCCCCC[n+]3ccc(/C=N/N(C)c4ccccc4)cc3)cc2)cc1)c1ccccc1.[Br-].[Br-]. The normalized spacial score (nSPS) is 10.8. The van der Waals surface area contributed by atoms with Crippen molar-refractivity contribution in [2.45, 2.75) is 64.5 Å². The molecule has 0 saturated carbocycles. The Morgan fingerprint density at radius 3 is 1.21 bits per heavy atom. The van der Waals surface area contributed by atoms with Gasteiger partial charge in [-0.2, -0.15) is 10.2 Å². The van der Waals surface area contributed by atoms with Crippen LogP contribution in [0.4, 0.5) is 11.4 Å². The van der Waals surface area contributed by atoms with Gasteiger partial charge >= 0.3 is 0 Å². The molecular weight excluding hydrogens is 856 g/mol. The molecule has 2 aromatic heterocycles. The first-order valence-electron chi connectivity index (χ1n) is 19.7. The molecule has 3 aromatic carbocycles. The Hall–Kier alpha value is -5.20. The van der Waals surface area contributed by atoms with Gasteiger partial charge < -0.3 is 44.6 Å². The van der Waals surface area contributed by atoms with Crippen LogP contribution in [-0.4, -0.2) is 51.4 Å². The quantitative estimate of drug-likeness (QED) is 0.0473. The summed E-state index contributed by atoms with van der Waals surface area (Å²) in [5, 5.41) is 18.8. The summed E-state index contributed by atoms with van der Waals surface area (Å²) in [5.41, 5.74) is 5.33. The average molecular weight is 913 g/mol. The first kappa shape index (κ1) is 47.2. The third-order valence-electron chi connectivity index (χ3n) is 9.52. The highest BCUT2D eigenvalue weighted by Crippen LogP contribution is 2.12. The molecule has 5 aromatic rings. The predicted octanol–water partition coefficient (Wildman–Crippen LogP) is 1.19. The maximum absolute atomic E-state index is 12.6. The summed E-state index contributed by atoms with van der Waals surface area (Å²) in [6.45, 7) is 3.17. The molecule has 2 N–H and O–H groups in total. The van der Waals surface area contributed by atoms with Gasteiger partial charge in [-0.1, -0.05) is 49.2 Å². The molecular formula is C46H56Br2N8O2. The number of carbonyl (C=O) groups is 2. The Labute approximate surface area is 365 Å². The van der Waals surface area contributed by atoms with E-state index in [0.717, 1.165) is 87.0 Å². The Bertz CT molecular complexity index is 1820. The van der Waals surface area contributed by atoms with Crippen molar-refractivity contribution >= 4 is 35.6 Å². The summed E-state index contributed by atoms with van der Waals surface area (Å²) in [6.07, 6.45) is 20.4. The number of hydrogen-bond donors (Lipinski definition) is 2. The first-order valence-corrected chi connectivity index (χ1v) is 19.7.